The van der Waals surface area contributed by atoms with Gasteiger partial charge in [0, 0.05) is 42.2 Å². The van der Waals surface area contributed by atoms with Gasteiger partial charge in [-0.3, -0.25) is 24.1 Å². The Morgan fingerprint density at radius 3 is 2.22 bits per heavy atom. The highest BCUT2D eigenvalue weighted by Gasteiger charge is 2.66. The third-order valence-corrected chi connectivity index (χ3v) is 10.4. The van der Waals surface area contributed by atoms with E-state index in [0.29, 0.717) is 40.2 Å². The molecule has 3 aromatic carbocycles. The molecular formula is C37H33NO7. The molecule has 0 bridgehead atoms. The summed E-state index contributed by atoms with van der Waals surface area (Å²) in [6.07, 6.45) is 3.91. The molecule has 3 aliphatic carbocycles. The van der Waals surface area contributed by atoms with Crippen molar-refractivity contribution in [2.24, 2.45) is 23.7 Å². The van der Waals surface area contributed by atoms with E-state index in [0.717, 1.165) is 5.57 Å². The number of carbonyl (C=O) groups is 4. The van der Waals surface area contributed by atoms with Crippen LogP contribution >= 0.6 is 0 Å². The highest BCUT2D eigenvalue weighted by Crippen LogP contribution is 2.65. The van der Waals surface area contributed by atoms with E-state index in [2.05, 4.69) is 0 Å². The predicted octanol–water partition coefficient (Wildman–Crippen LogP) is 4.86. The molecule has 1 heterocycles. The number of phenols is 1. The van der Waals surface area contributed by atoms with Crippen molar-refractivity contribution in [1.82, 2.24) is 4.90 Å². The Labute approximate surface area is 261 Å². The minimum atomic E-state index is -1.47. The summed E-state index contributed by atoms with van der Waals surface area (Å²) in [5, 5.41) is 11.7. The van der Waals surface area contributed by atoms with Crippen molar-refractivity contribution in [3.05, 3.63) is 107 Å². The quantitative estimate of drug-likeness (QED) is 0.328. The van der Waals surface area contributed by atoms with Crippen LogP contribution < -0.4 is 9.47 Å². The van der Waals surface area contributed by atoms with E-state index in [-0.39, 0.29) is 35.6 Å². The number of phenolic OH excluding ortho intramolecular Hbond substituents is 1. The molecule has 45 heavy (non-hydrogen) atoms. The van der Waals surface area contributed by atoms with Crippen molar-refractivity contribution in [3.63, 3.8) is 0 Å². The fourth-order valence-corrected chi connectivity index (χ4v) is 8.51. The lowest BCUT2D eigenvalue weighted by molar-refractivity contribution is -0.139. The second-order valence-corrected chi connectivity index (χ2v) is 12.3. The number of hydrogen-bond donors (Lipinski definition) is 1. The van der Waals surface area contributed by atoms with Gasteiger partial charge in [0.05, 0.1) is 31.5 Å². The molecule has 7 rings (SSSR count). The predicted molar refractivity (Wildman–Crippen MR) is 166 cm³/mol. The SMILES string of the molecule is COc1cc(O)c([C@H]2C3=CC[C@@H]4C(=O)N(C)C(=O)[C@@H]4[C@@H]3C[C@H]3C(=O)C(c4ccccc4)=CC(=O)[C@@]23c2ccccc2)c(OC)c1. The lowest BCUT2D eigenvalue weighted by Crippen LogP contribution is -2.58. The first-order chi connectivity index (χ1) is 21.7. The standard InChI is InChI=1S/C37H33NO7/c1-38-35(42)24-15-14-23-26(31(24)36(38)43)18-27-34(41)25(20-10-6-4-7-11-20)19-30(40)37(27,21-12-8-5-9-13-21)33(23)32-28(39)16-22(44-2)17-29(32)45-3/h4-14,16-17,19,24,26-27,31,33,39H,15,18H2,1-3H3/t24-,26+,27-,31-,33+,37-/m0/s1. The maximum Gasteiger partial charge on any atom is 0.233 e. The van der Waals surface area contributed by atoms with Gasteiger partial charge < -0.3 is 14.6 Å². The molecule has 4 aliphatic rings. The van der Waals surface area contributed by atoms with Gasteiger partial charge in [-0.05, 0) is 36.0 Å². The monoisotopic (exact) mass is 603 g/mol. The van der Waals surface area contributed by atoms with Gasteiger partial charge in [0.25, 0.3) is 0 Å². The maximum atomic E-state index is 15.0. The molecule has 0 radical (unpaired) electrons. The van der Waals surface area contributed by atoms with Crippen molar-refractivity contribution < 1.29 is 33.8 Å². The molecule has 0 aromatic heterocycles. The zero-order valence-electron chi connectivity index (χ0n) is 25.2. The average molecular weight is 604 g/mol. The van der Waals surface area contributed by atoms with E-state index in [1.54, 1.807) is 18.2 Å². The number of fused-ring (bicyclic) bond motifs is 4. The van der Waals surface area contributed by atoms with Crippen molar-refractivity contribution in [3.8, 4) is 17.2 Å². The number of carbonyl (C=O) groups excluding carboxylic acids is 4. The molecule has 1 aliphatic heterocycles. The summed E-state index contributed by atoms with van der Waals surface area (Å²) in [5.41, 5.74) is 1.20. The normalized spacial score (nSPS) is 29.0. The van der Waals surface area contributed by atoms with E-state index in [1.165, 1.54) is 38.3 Å². The first-order valence-electron chi connectivity index (χ1n) is 15.1. The van der Waals surface area contributed by atoms with Gasteiger partial charge in [-0.25, -0.2) is 0 Å². The van der Waals surface area contributed by atoms with Crippen LogP contribution in [-0.4, -0.2) is 54.7 Å². The third kappa shape index (κ3) is 3.97. The molecule has 3 aromatic rings. The molecule has 0 unspecified atom stereocenters. The van der Waals surface area contributed by atoms with Gasteiger partial charge >= 0.3 is 0 Å². The number of methoxy groups -OCH3 is 2. The van der Waals surface area contributed by atoms with Gasteiger partial charge in [0.1, 0.15) is 17.2 Å². The Bertz CT molecular complexity index is 1810. The summed E-state index contributed by atoms with van der Waals surface area (Å²) in [6.45, 7) is 0. The Balaban J connectivity index is 1.57. The summed E-state index contributed by atoms with van der Waals surface area (Å²) in [5.74, 6) is -4.05. The topological polar surface area (TPSA) is 110 Å². The van der Waals surface area contributed by atoms with Crippen LogP contribution in [0.15, 0.2) is 90.5 Å². The van der Waals surface area contributed by atoms with Crippen LogP contribution in [0.2, 0.25) is 0 Å². The minimum Gasteiger partial charge on any atom is -0.507 e. The van der Waals surface area contributed by atoms with Crippen LogP contribution in [0.5, 0.6) is 17.2 Å². The number of Topliss-reactive ketones (excluding diaryl/α,β-unsaturated/α-hetero) is 1. The maximum absolute atomic E-state index is 15.0. The van der Waals surface area contributed by atoms with Gasteiger partial charge in [-0.15, -0.1) is 0 Å². The third-order valence-electron chi connectivity index (χ3n) is 10.4. The fourth-order valence-electron chi connectivity index (χ4n) is 8.51. The molecule has 1 saturated carbocycles. The Kier molecular flexibility index (Phi) is 6.76. The summed E-state index contributed by atoms with van der Waals surface area (Å²) >= 11 is 0. The number of benzene rings is 3. The number of aromatic hydroxyl groups is 1. The van der Waals surface area contributed by atoms with E-state index in [1.807, 2.05) is 54.6 Å². The lowest BCUT2D eigenvalue weighted by atomic mass is 9.44. The summed E-state index contributed by atoms with van der Waals surface area (Å²) < 4.78 is 11.3. The van der Waals surface area contributed by atoms with Crippen molar-refractivity contribution in [1.29, 1.82) is 0 Å². The highest BCUT2D eigenvalue weighted by atomic mass is 16.5. The molecule has 8 heteroatoms. The van der Waals surface area contributed by atoms with Crippen LogP contribution in [0, 0.1) is 23.7 Å². The van der Waals surface area contributed by atoms with Gasteiger partial charge in [0.15, 0.2) is 11.6 Å². The van der Waals surface area contributed by atoms with Crippen molar-refractivity contribution >= 4 is 29.0 Å². The van der Waals surface area contributed by atoms with Gasteiger partial charge in [-0.2, -0.15) is 0 Å². The number of nitrogens with zero attached hydrogens (tertiary/aromatic N) is 1. The van der Waals surface area contributed by atoms with E-state index in [4.69, 9.17) is 9.47 Å². The molecule has 228 valence electrons. The van der Waals surface area contributed by atoms with Gasteiger partial charge in [0.2, 0.25) is 11.8 Å². The van der Waals surface area contributed by atoms with E-state index < -0.39 is 35.0 Å². The molecule has 2 fully saturated rings. The number of ether oxygens (including phenoxy) is 2. The largest absolute Gasteiger partial charge is 0.507 e. The smallest absolute Gasteiger partial charge is 0.233 e. The molecule has 6 atom stereocenters. The number of ketones is 2. The Morgan fingerprint density at radius 2 is 1.56 bits per heavy atom. The Hall–Kier alpha value is -4.98. The van der Waals surface area contributed by atoms with E-state index >= 15 is 4.79 Å². The molecular weight excluding hydrogens is 570 g/mol. The molecule has 8 nitrogen and oxygen atoms in total. The number of likely N-dealkylation sites (tertiary alicyclic amines) is 1. The van der Waals surface area contributed by atoms with Crippen LogP contribution in [0.4, 0.5) is 0 Å². The first-order valence-corrected chi connectivity index (χ1v) is 15.1. The average Bonchev–Trinajstić information content (AvgIpc) is 3.29. The highest BCUT2D eigenvalue weighted by molar-refractivity contribution is 6.31. The number of imide groups is 1. The fraction of sp³-hybridized carbons (Fsp3) is 0.297. The molecule has 1 N–H and O–H groups in total. The van der Waals surface area contributed by atoms with Gasteiger partial charge in [-0.1, -0.05) is 72.3 Å². The first kappa shape index (κ1) is 28.8. The minimum absolute atomic E-state index is 0.155. The number of hydrogen-bond acceptors (Lipinski definition) is 7. The lowest BCUT2D eigenvalue weighted by Gasteiger charge is -2.55. The summed E-state index contributed by atoms with van der Waals surface area (Å²) in [6, 6.07) is 21.5. The van der Waals surface area contributed by atoms with Crippen LogP contribution in [0.1, 0.15) is 35.4 Å². The summed E-state index contributed by atoms with van der Waals surface area (Å²) in [4.78, 5) is 58.0. The molecule has 2 amide bonds. The van der Waals surface area contributed by atoms with Crippen LogP contribution in [0.3, 0.4) is 0 Å². The van der Waals surface area contributed by atoms with Crippen molar-refractivity contribution in [2.45, 2.75) is 24.2 Å². The second-order valence-electron chi connectivity index (χ2n) is 12.3. The second kappa shape index (κ2) is 10.6. The zero-order chi connectivity index (χ0) is 31.6. The molecule has 0 spiro atoms. The number of allylic oxidation sites excluding steroid dienone is 4. The van der Waals surface area contributed by atoms with Crippen LogP contribution in [-0.2, 0) is 24.6 Å². The summed E-state index contributed by atoms with van der Waals surface area (Å²) in [7, 11) is 4.46. The number of rotatable bonds is 5. The van der Waals surface area contributed by atoms with E-state index in [9.17, 15) is 19.5 Å². The van der Waals surface area contributed by atoms with Crippen LogP contribution in [0.25, 0.3) is 5.57 Å². The van der Waals surface area contributed by atoms with Crippen molar-refractivity contribution in [2.75, 3.05) is 21.3 Å². The molecule has 1 saturated heterocycles. The number of amides is 2. The zero-order valence-corrected chi connectivity index (χ0v) is 25.2. The Morgan fingerprint density at radius 1 is 0.867 bits per heavy atom.